The first-order valence-electron chi connectivity index (χ1n) is 8.38. The summed E-state index contributed by atoms with van der Waals surface area (Å²) < 4.78 is 1.83. The van der Waals surface area contributed by atoms with Crippen LogP contribution < -0.4 is 11.0 Å². The lowest BCUT2D eigenvalue weighted by Crippen LogP contribution is -2.16. The minimum absolute atomic E-state index is 0.120. The molecule has 132 valence electrons. The van der Waals surface area contributed by atoms with Crippen molar-refractivity contribution in [2.24, 2.45) is 5.10 Å². The fourth-order valence-electron chi connectivity index (χ4n) is 2.84. The van der Waals surface area contributed by atoms with Gasteiger partial charge in [-0.05, 0) is 36.4 Å². The van der Waals surface area contributed by atoms with E-state index < -0.39 is 0 Å². The molecule has 27 heavy (non-hydrogen) atoms. The summed E-state index contributed by atoms with van der Waals surface area (Å²) in [5.74, 6) is 0.409. The van der Waals surface area contributed by atoms with Gasteiger partial charge in [0.15, 0.2) is 0 Å². The first kappa shape index (κ1) is 16.5. The van der Waals surface area contributed by atoms with E-state index in [-0.39, 0.29) is 17.3 Å². The topological polar surface area (TPSA) is 79.5 Å². The predicted molar refractivity (Wildman–Crippen MR) is 107 cm³/mol. The Labute approximate surface area is 155 Å². The highest BCUT2D eigenvalue weighted by Crippen LogP contribution is 2.20. The first-order valence-corrected chi connectivity index (χ1v) is 8.38. The minimum Gasteiger partial charge on any atom is -0.507 e. The van der Waals surface area contributed by atoms with Gasteiger partial charge in [-0.3, -0.25) is 9.36 Å². The fraction of sp³-hybridized carbons (Fsp3) is 0. The summed E-state index contributed by atoms with van der Waals surface area (Å²) in [4.78, 5) is 16.6. The third-order valence-corrected chi connectivity index (χ3v) is 4.11. The minimum atomic E-state index is -0.335. The molecule has 0 atom stereocenters. The molecule has 0 saturated carbocycles. The van der Waals surface area contributed by atoms with Gasteiger partial charge in [0.25, 0.3) is 5.56 Å². The second-order valence-corrected chi connectivity index (χ2v) is 5.86. The molecule has 6 nitrogen and oxygen atoms in total. The zero-order valence-electron chi connectivity index (χ0n) is 14.3. The van der Waals surface area contributed by atoms with E-state index in [0.717, 1.165) is 11.2 Å². The van der Waals surface area contributed by atoms with Crippen molar-refractivity contribution in [2.75, 3.05) is 5.43 Å². The number of hydrogen-bond acceptors (Lipinski definition) is 5. The van der Waals surface area contributed by atoms with Crippen LogP contribution in [0.5, 0.6) is 5.75 Å². The molecule has 3 aromatic carbocycles. The molecule has 4 rings (SSSR count). The largest absolute Gasteiger partial charge is 0.507 e. The van der Waals surface area contributed by atoms with Crippen molar-refractivity contribution >= 4 is 23.1 Å². The van der Waals surface area contributed by atoms with E-state index in [0.29, 0.717) is 10.9 Å². The Morgan fingerprint density at radius 3 is 2.44 bits per heavy atom. The first-order chi connectivity index (χ1) is 13.2. The fourth-order valence-corrected chi connectivity index (χ4v) is 2.84. The number of hydrazone groups is 1. The number of aromatic nitrogens is 2. The quantitative estimate of drug-likeness (QED) is 0.433. The van der Waals surface area contributed by atoms with Crippen LogP contribution in [0.4, 0.5) is 5.95 Å². The van der Waals surface area contributed by atoms with Crippen LogP contribution in [-0.2, 0) is 0 Å². The van der Waals surface area contributed by atoms with E-state index in [9.17, 15) is 9.90 Å². The van der Waals surface area contributed by atoms with Gasteiger partial charge in [0, 0.05) is 11.3 Å². The molecule has 1 heterocycles. The monoisotopic (exact) mass is 356 g/mol. The lowest BCUT2D eigenvalue weighted by Gasteiger charge is -2.15. The number of fused-ring (bicyclic) bond motifs is 1. The molecule has 1 aromatic heterocycles. The number of phenolic OH excluding ortho intramolecular Hbond substituents is 1. The Morgan fingerprint density at radius 1 is 0.926 bits per heavy atom. The summed E-state index contributed by atoms with van der Waals surface area (Å²) in [5, 5.41) is 14.5. The van der Waals surface area contributed by atoms with Crippen LogP contribution in [0.1, 0.15) is 5.56 Å². The Morgan fingerprint density at radius 2 is 1.63 bits per heavy atom. The highest BCUT2D eigenvalue weighted by molar-refractivity contribution is 5.84. The van der Waals surface area contributed by atoms with Crippen LogP contribution in [0.15, 0.2) is 88.8 Å². The second-order valence-electron chi connectivity index (χ2n) is 5.86. The molecule has 0 aliphatic rings. The van der Waals surface area contributed by atoms with Gasteiger partial charge in [-0.1, -0.05) is 42.5 Å². The summed E-state index contributed by atoms with van der Waals surface area (Å²) in [6, 6.07) is 23.7. The zero-order valence-corrected chi connectivity index (χ0v) is 14.3. The van der Waals surface area contributed by atoms with E-state index in [1.165, 1.54) is 6.21 Å². The number of nitrogens with zero attached hydrogens (tertiary/aromatic N) is 3. The molecule has 0 radical (unpaired) electrons. The standard InChI is InChI=1S/C21H16N4O2/c26-19-13-7-4-8-15(19)14-22-24-21-23-20(27)17-11-5-6-12-18(17)25(21)16-9-2-1-3-10-16/h1-14,26H,(H,23,24,27)/b22-14-. The average Bonchev–Trinajstić information content (AvgIpc) is 2.70. The highest BCUT2D eigenvalue weighted by atomic mass is 16.3. The molecular formula is C21H16N4O2. The molecule has 0 amide bonds. The van der Waals surface area contributed by atoms with Crippen molar-refractivity contribution in [3.05, 3.63) is 94.8 Å². The van der Waals surface area contributed by atoms with Crippen LogP contribution in [0.2, 0.25) is 0 Å². The van der Waals surface area contributed by atoms with Gasteiger partial charge >= 0.3 is 0 Å². The number of phenols is 1. The number of anilines is 1. The van der Waals surface area contributed by atoms with E-state index in [1.807, 2.05) is 53.1 Å². The Balaban J connectivity index is 1.83. The van der Waals surface area contributed by atoms with Crippen molar-refractivity contribution in [1.29, 1.82) is 0 Å². The molecule has 0 unspecified atom stereocenters. The molecule has 0 aliphatic carbocycles. The molecule has 0 aliphatic heterocycles. The van der Waals surface area contributed by atoms with Crippen LogP contribution in [-0.4, -0.2) is 20.9 Å². The van der Waals surface area contributed by atoms with Crippen molar-refractivity contribution < 1.29 is 5.11 Å². The van der Waals surface area contributed by atoms with Crippen molar-refractivity contribution in [3.63, 3.8) is 0 Å². The van der Waals surface area contributed by atoms with Gasteiger partial charge in [-0.2, -0.15) is 10.1 Å². The number of rotatable bonds is 4. The molecule has 0 saturated heterocycles. The van der Waals surface area contributed by atoms with Crippen LogP contribution in [0.25, 0.3) is 16.6 Å². The number of benzene rings is 3. The Kier molecular flexibility index (Phi) is 4.37. The molecule has 4 aromatic rings. The molecule has 0 fully saturated rings. The summed E-state index contributed by atoms with van der Waals surface area (Å²) in [5.41, 5.74) is 4.62. The van der Waals surface area contributed by atoms with Gasteiger partial charge in [-0.25, -0.2) is 5.43 Å². The summed E-state index contributed by atoms with van der Waals surface area (Å²) >= 11 is 0. The molecule has 0 bridgehead atoms. The van der Waals surface area contributed by atoms with Gasteiger partial charge in [0.05, 0.1) is 17.1 Å². The maximum atomic E-state index is 12.4. The molecular weight excluding hydrogens is 340 g/mol. The smallest absolute Gasteiger partial charge is 0.282 e. The van der Waals surface area contributed by atoms with E-state index in [4.69, 9.17) is 0 Å². The van der Waals surface area contributed by atoms with Gasteiger partial charge in [0.2, 0.25) is 5.95 Å². The molecule has 0 spiro atoms. The van der Waals surface area contributed by atoms with Crippen LogP contribution in [0.3, 0.4) is 0 Å². The molecule has 6 heteroatoms. The number of hydrogen-bond donors (Lipinski definition) is 2. The maximum absolute atomic E-state index is 12.4. The van der Waals surface area contributed by atoms with Gasteiger partial charge in [-0.15, -0.1) is 0 Å². The number of para-hydroxylation sites is 3. The SMILES string of the molecule is O=c1nc(N/N=C\c2ccccc2O)n(-c2ccccc2)c2ccccc12. The summed E-state index contributed by atoms with van der Waals surface area (Å²) in [6.45, 7) is 0. The lowest BCUT2D eigenvalue weighted by molar-refractivity contribution is 0.474. The van der Waals surface area contributed by atoms with Crippen LogP contribution in [0, 0.1) is 0 Å². The van der Waals surface area contributed by atoms with E-state index >= 15 is 0 Å². The second kappa shape index (κ2) is 7.13. The highest BCUT2D eigenvalue weighted by Gasteiger charge is 2.11. The summed E-state index contributed by atoms with van der Waals surface area (Å²) in [7, 11) is 0. The zero-order chi connectivity index (χ0) is 18.6. The third-order valence-electron chi connectivity index (χ3n) is 4.11. The molecule has 2 N–H and O–H groups in total. The summed E-state index contributed by atoms with van der Waals surface area (Å²) in [6.07, 6.45) is 1.48. The van der Waals surface area contributed by atoms with Crippen molar-refractivity contribution in [3.8, 4) is 11.4 Å². The Bertz CT molecular complexity index is 1180. The normalized spacial score (nSPS) is 11.1. The number of aromatic hydroxyl groups is 1. The lowest BCUT2D eigenvalue weighted by atomic mass is 10.2. The van der Waals surface area contributed by atoms with Crippen molar-refractivity contribution in [2.45, 2.75) is 0 Å². The maximum Gasteiger partial charge on any atom is 0.282 e. The average molecular weight is 356 g/mol. The predicted octanol–water partition coefficient (Wildman–Crippen LogP) is 3.54. The van der Waals surface area contributed by atoms with Crippen molar-refractivity contribution in [1.82, 2.24) is 9.55 Å². The Hall–Kier alpha value is -3.93. The van der Waals surface area contributed by atoms with Gasteiger partial charge < -0.3 is 5.11 Å². The van der Waals surface area contributed by atoms with E-state index in [2.05, 4.69) is 15.5 Å². The number of nitrogens with one attached hydrogen (secondary N) is 1. The van der Waals surface area contributed by atoms with E-state index in [1.54, 1.807) is 30.3 Å². The van der Waals surface area contributed by atoms with Gasteiger partial charge in [0.1, 0.15) is 5.75 Å². The third kappa shape index (κ3) is 3.28. The van der Waals surface area contributed by atoms with Crippen LogP contribution >= 0.6 is 0 Å².